The van der Waals surface area contributed by atoms with Crippen molar-refractivity contribution in [3.63, 3.8) is 0 Å². The first-order valence-corrected chi connectivity index (χ1v) is 9.67. The van der Waals surface area contributed by atoms with E-state index >= 15 is 0 Å². The summed E-state index contributed by atoms with van der Waals surface area (Å²) in [6, 6.07) is 11.2. The Labute approximate surface area is 170 Å². The highest BCUT2D eigenvalue weighted by Gasteiger charge is 2.34. The highest BCUT2D eigenvalue weighted by molar-refractivity contribution is 6.30. The van der Waals surface area contributed by atoms with Gasteiger partial charge in [-0.05, 0) is 29.8 Å². The molecule has 0 aliphatic carbocycles. The lowest BCUT2D eigenvalue weighted by Gasteiger charge is -2.25. The highest BCUT2D eigenvalue weighted by Crippen LogP contribution is 2.33. The maximum Gasteiger partial charge on any atom is 0.262 e. The largest absolute Gasteiger partial charge is 0.350 e. The van der Waals surface area contributed by atoms with Crippen LogP contribution >= 0.6 is 11.6 Å². The average molecular weight is 401 g/mol. The molecule has 6 nitrogen and oxygen atoms in total. The molecule has 28 heavy (non-hydrogen) atoms. The first kappa shape index (κ1) is 20.1. The molecule has 0 saturated heterocycles. The quantitative estimate of drug-likeness (QED) is 0.771. The lowest BCUT2D eigenvalue weighted by Crippen LogP contribution is -2.40. The molecule has 0 radical (unpaired) electrons. The highest BCUT2D eigenvalue weighted by atomic mass is 35.5. The third-order valence-electron chi connectivity index (χ3n) is 4.90. The number of hydrogen-bond acceptors (Lipinski definition) is 3. The lowest BCUT2D eigenvalue weighted by molar-refractivity contribution is -0.142. The number of halogens is 1. The predicted molar refractivity (Wildman–Crippen MR) is 110 cm³/mol. The van der Waals surface area contributed by atoms with Gasteiger partial charge in [0.1, 0.15) is 6.54 Å². The van der Waals surface area contributed by atoms with Gasteiger partial charge in [-0.15, -0.1) is 0 Å². The first-order chi connectivity index (χ1) is 13.3. The maximum atomic E-state index is 13.0. The van der Waals surface area contributed by atoms with Crippen molar-refractivity contribution < 1.29 is 9.59 Å². The van der Waals surface area contributed by atoms with Crippen LogP contribution in [-0.4, -0.2) is 45.6 Å². The fraction of sp³-hybridized carbons (Fsp3) is 0.381. The Hall–Kier alpha value is -2.60. The summed E-state index contributed by atoms with van der Waals surface area (Å²) in [6.07, 6.45) is 2.56. The number of rotatable bonds is 5. The van der Waals surface area contributed by atoms with Crippen LogP contribution in [0.5, 0.6) is 0 Å². The number of hydrazone groups is 1. The van der Waals surface area contributed by atoms with E-state index in [1.165, 1.54) is 9.91 Å². The molecular weight excluding hydrogens is 376 g/mol. The number of benzene rings is 1. The molecule has 1 aromatic heterocycles. The van der Waals surface area contributed by atoms with E-state index in [0.29, 0.717) is 11.4 Å². The predicted octanol–water partition coefficient (Wildman–Crippen LogP) is 3.47. The van der Waals surface area contributed by atoms with E-state index in [2.05, 4.69) is 5.10 Å². The van der Waals surface area contributed by atoms with E-state index in [4.69, 9.17) is 11.6 Å². The molecule has 3 rings (SSSR count). The minimum atomic E-state index is -0.225. The van der Waals surface area contributed by atoms with Crippen LogP contribution in [0.1, 0.15) is 37.6 Å². The Morgan fingerprint density at radius 2 is 1.93 bits per heavy atom. The van der Waals surface area contributed by atoms with Gasteiger partial charge in [-0.2, -0.15) is 5.10 Å². The van der Waals surface area contributed by atoms with Gasteiger partial charge in [0, 0.05) is 37.7 Å². The van der Waals surface area contributed by atoms with Gasteiger partial charge in [-0.3, -0.25) is 9.59 Å². The van der Waals surface area contributed by atoms with Gasteiger partial charge in [0.25, 0.3) is 5.91 Å². The van der Waals surface area contributed by atoms with E-state index in [-0.39, 0.29) is 30.3 Å². The minimum Gasteiger partial charge on any atom is -0.350 e. The molecule has 2 heterocycles. The molecule has 1 atom stereocenters. The van der Waals surface area contributed by atoms with Crippen LogP contribution in [-0.2, 0) is 16.6 Å². The molecular formula is C21H25ClN4O2. The smallest absolute Gasteiger partial charge is 0.262 e. The summed E-state index contributed by atoms with van der Waals surface area (Å²) in [5.41, 5.74) is 2.78. The second-order valence-corrected chi connectivity index (χ2v) is 7.85. The minimum absolute atomic E-state index is 0.00891. The Morgan fingerprint density at radius 3 is 2.50 bits per heavy atom. The topological polar surface area (TPSA) is 57.9 Å². The van der Waals surface area contributed by atoms with Crippen LogP contribution in [0.25, 0.3) is 0 Å². The van der Waals surface area contributed by atoms with Gasteiger partial charge < -0.3 is 9.47 Å². The van der Waals surface area contributed by atoms with Crippen molar-refractivity contribution >= 4 is 29.1 Å². The number of hydrogen-bond donors (Lipinski definition) is 0. The van der Waals surface area contributed by atoms with Crippen molar-refractivity contribution in [3.05, 3.63) is 58.9 Å². The lowest BCUT2D eigenvalue weighted by atomic mass is 10.0. The molecule has 0 fully saturated rings. The molecule has 1 aliphatic heterocycles. The van der Waals surface area contributed by atoms with E-state index in [9.17, 15) is 9.59 Å². The van der Waals surface area contributed by atoms with Gasteiger partial charge in [-0.1, -0.05) is 37.6 Å². The number of aryl methyl sites for hydroxylation is 1. The summed E-state index contributed by atoms with van der Waals surface area (Å²) in [5.74, 6) is -0.436. The third-order valence-corrected chi connectivity index (χ3v) is 5.15. The normalized spacial score (nSPS) is 16.4. The fourth-order valence-corrected chi connectivity index (χ4v) is 3.52. The zero-order valence-electron chi connectivity index (χ0n) is 16.6. The number of likely N-dealkylation sites (N-methyl/N-ethyl adjacent to an activating group) is 1. The molecule has 0 saturated carbocycles. The summed E-state index contributed by atoms with van der Waals surface area (Å²) in [5, 5.41) is 6.79. The van der Waals surface area contributed by atoms with Gasteiger partial charge in [0.2, 0.25) is 5.91 Å². The van der Waals surface area contributed by atoms with Crippen LogP contribution in [0.4, 0.5) is 0 Å². The van der Waals surface area contributed by atoms with E-state index in [1.54, 1.807) is 7.05 Å². The second kappa shape index (κ2) is 8.19. The number of carbonyl (C=O) groups is 2. The summed E-state index contributed by atoms with van der Waals surface area (Å²) in [7, 11) is 3.60. The summed E-state index contributed by atoms with van der Waals surface area (Å²) >= 11 is 6.02. The van der Waals surface area contributed by atoms with Crippen molar-refractivity contribution in [3.8, 4) is 0 Å². The number of nitrogens with zero attached hydrogens (tertiary/aromatic N) is 4. The standard InChI is InChI=1S/C21H25ClN4O2/c1-14(2)21(28)25(4)13-20(27)26-19(15-7-9-16(22)10-8-15)12-17(23-26)18-6-5-11-24(18)3/h5-11,14,19H,12-13H2,1-4H3/t19-/m0/s1. The summed E-state index contributed by atoms with van der Waals surface area (Å²) in [4.78, 5) is 26.7. The Bertz CT molecular complexity index is 901. The van der Waals surface area contributed by atoms with Crippen LogP contribution in [0, 0.1) is 5.92 Å². The van der Waals surface area contributed by atoms with Crippen LogP contribution in [0.15, 0.2) is 47.7 Å². The van der Waals surface area contributed by atoms with Crippen LogP contribution < -0.4 is 0 Å². The zero-order chi connectivity index (χ0) is 20.4. The van der Waals surface area contributed by atoms with E-state index in [0.717, 1.165) is 17.0 Å². The summed E-state index contributed by atoms with van der Waals surface area (Å²) < 4.78 is 1.99. The molecule has 0 N–H and O–H groups in total. The Morgan fingerprint density at radius 1 is 1.25 bits per heavy atom. The SMILES string of the molecule is CC(C)C(=O)N(C)CC(=O)N1N=C(c2cccn2C)C[C@H]1c1ccc(Cl)cc1. The van der Waals surface area contributed by atoms with Crippen LogP contribution in [0.2, 0.25) is 5.02 Å². The fourth-order valence-electron chi connectivity index (χ4n) is 3.39. The number of carbonyl (C=O) groups excluding carboxylic acids is 2. The number of aromatic nitrogens is 1. The summed E-state index contributed by atoms with van der Waals surface area (Å²) in [6.45, 7) is 3.63. The monoisotopic (exact) mass is 400 g/mol. The van der Waals surface area contributed by atoms with Crippen molar-refractivity contribution in [1.29, 1.82) is 0 Å². The van der Waals surface area contributed by atoms with Gasteiger partial charge in [0.15, 0.2) is 0 Å². The molecule has 1 aliphatic rings. The third kappa shape index (κ3) is 4.12. The molecule has 2 aromatic rings. The van der Waals surface area contributed by atoms with E-state index in [1.807, 2.05) is 68.1 Å². The second-order valence-electron chi connectivity index (χ2n) is 7.41. The zero-order valence-corrected chi connectivity index (χ0v) is 17.3. The Kier molecular flexibility index (Phi) is 5.89. The maximum absolute atomic E-state index is 13.0. The molecule has 148 valence electrons. The van der Waals surface area contributed by atoms with Crippen LogP contribution in [0.3, 0.4) is 0 Å². The average Bonchev–Trinajstić information content (AvgIpc) is 3.27. The van der Waals surface area contributed by atoms with Crippen molar-refractivity contribution in [2.24, 2.45) is 18.1 Å². The number of amides is 2. The van der Waals surface area contributed by atoms with Crippen molar-refractivity contribution in [2.45, 2.75) is 26.3 Å². The molecule has 2 amide bonds. The Balaban J connectivity index is 1.89. The van der Waals surface area contributed by atoms with Gasteiger partial charge in [-0.25, -0.2) is 5.01 Å². The van der Waals surface area contributed by atoms with Gasteiger partial charge in [0.05, 0.1) is 17.4 Å². The first-order valence-electron chi connectivity index (χ1n) is 9.29. The van der Waals surface area contributed by atoms with Crippen molar-refractivity contribution in [1.82, 2.24) is 14.5 Å². The molecule has 0 bridgehead atoms. The molecule has 1 aromatic carbocycles. The van der Waals surface area contributed by atoms with Gasteiger partial charge >= 0.3 is 0 Å². The molecule has 7 heteroatoms. The molecule has 0 spiro atoms. The van der Waals surface area contributed by atoms with Crippen molar-refractivity contribution in [2.75, 3.05) is 13.6 Å². The molecule has 0 unspecified atom stereocenters. The van der Waals surface area contributed by atoms with E-state index < -0.39 is 0 Å².